The predicted molar refractivity (Wildman–Crippen MR) is 55.1 cm³/mol. The molecule has 0 saturated carbocycles. The number of ether oxygens (including phenoxy) is 1. The van der Waals surface area contributed by atoms with Gasteiger partial charge in [0, 0.05) is 4.88 Å². The number of aliphatic hydroxyl groups is 1. The lowest BCUT2D eigenvalue weighted by Crippen LogP contribution is -2.12. The van der Waals surface area contributed by atoms with Crippen molar-refractivity contribution >= 4 is 17.3 Å². The summed E-state index contributed by atoms with van der Waals surface area (Å²) in [6.45, 7) is 5.51. The van der Waals surface area contributed by atoms with E-state index in [1.165, 1.54) is 11.3 Å². The number of hydrogen-bond donors (Lipinski definition) is 1. The molecular formula is C10H12O3S. The Kier molecular flexibility index (Phi) is 3.85. The molecule has 0 aliphatic heterocycles. The van der Waals surface area contributed by atoms with Crippen molar-refractivity contribution in [3.8, 4) is 0 Å². The molecule has 1 aromatic rings. The normalized spacial score (nSPS) is 12.1. The first-order valence-corrected chi connectivity index (χ1v) is 5.12. The SMILES string of the molecule is C=C(C(=O)OCC)[C@@H](O)c1cccs1. The third-order valence-corrected chi connectivity index (χ3v) is 2.61. The molecule has 1 aromatic heterocycles. The maximum Gasteiger partial charge on any atom is 0.336 e. The number of carbonyl (C=O) groups is 1. The second-order valence-electron chi connectivity index (χ2n) is 2.66. The first-order chi connectivity index (χ1) is 6.66. The Hall–Kier alpha value is -1.13. The van der Waals surface area contributed by atoms with Crippen LogP contribution in [0.4, 0.5) is 0 Å². The Bertz CT molecular complexity index is 316. The van der Waals surface area contributed by atoms with Gasteiger partial charge in [0.2, 0.25) is 0 Å². The van der Waals surface area contributed by atoms with Gasteiger partial charge in [-0.3, -0.25) is 0 Å². The fourth-order valence-corrected chi connectivity index (χ4v) is 1.70. The molecule has 1 N–H and O–H groups in total. The first kappa shape index (κ1) is 10.9. The molecule has 0 spiro atoms. The van der Waals surface area contributed by atoms with Crippen LogP contribution in [0, 0.1) is 0 Å². The van der Waals surface area contributed by atoms with Crippen molar-refractivity contribution in [3.05, 3.63) is 34.5 Å². The van der Waals surface area contributed by atoms with E-state index in [4.69, 9.17) is 4.74 Å². The quantitative estimate of drug-likeness (QED) is 0.612. The Morgan fingerprint density at radius 3 is 3.00 bits per heavy atom. The highest BCUT2D eigenvalue weighted by molar-refractivity contribution is 7.10. The van der Waals surface area contributed by atoms with Crippen LogP contribution in [-0.2, 0) is 9.53 Å². The fraction of sp³-hybridized carbons (Fsp3) is 0.300. The van der Waals surface area contributed by atoms with Crippen LogP contribution in [0.25, 0.3) is 0 Å². The van der Waals surface area contributed by atoms with Crippen molar-refractivity contribution in [2.45, 2.75) is 13.0 Å². The molecule has 14 heavy (non-hydrogen) atoms. The van der Waals surface area contributed by atoms with Crippen LogP contribution in [-0.4, -0.2) is 17.7 Å². The van der Waals surface area contributed by atoms with Gasteiger partial charge in [-0.15, -0.1) is 11.3 Å². The zero-order valence-electron chi connectivity index (χ0n) is 7.90. The van der Waals surface area contributed by atoms with Crippen molar-refractivity contribution in [3.63, 3.8) is 0 Å². The average molecular weight is 212 g/mol. The van der Waals surface area contributed by atoms with Crippen LogP contribution < -0.4 is 0 Å². The molecule has 1 heterocycles. The zero-order valence-corrected chi connectivity index (χ0v) is 8.71. The molecule has 1 atom stereocenters. The van der Waals surface area contributed by atoms with Crippen molar-refractivity contribution in [1.29, 1.82) is 0 Å². The van der Waals surface area contributed by atoms with Gasteiger partial charge in [0.15, 0.2) is 0 Å². The summed E-state index contributed by atoms with van der Waals surface area (Å²) in [5, 5.41) is 11.5. The third-order valence-electron chi connectivity index (χ3n) is 1.68. The highest BCUT2D eigenvalue weighted by Gasteiger charge is 2.19. The van der Waals surface area contributed by atoms with E-state index in [0.29, 0.717) is 4.88 Å². The standard InChI is InChI=1S/C10H12O3S/c1-3-13-10(12)7(2)9(11)8-5-4-6-14-8/h4-6,9,11H,2-3H2,1H3/t9-/m1/s1. The van der Waals surface area contributed by atoms with Crippen molar-refractivity contribution in [1.82, 2.24) is 0 Å². The maximum atomic E-state index is 11.2. The van der Waals surface area contributed by atoms with E-state index < -0.39 is 12.1 Å². The average Bonchev–Trinajstić information content (AvgIpc) is 2.68. The van der Waals surface area contributed by atoms with Gasteiger partial charge in [0.25, 0.3) is 0 Å². The number of aliphatic hydroxyl groups excluding tert-OH is 1. The summed E-state index contributed by atoms with van der Waals surface area (Å²) in [7, 11) is 0. The third kappa shape index (κ3) is 2.43. The van der Waals surface area contributed by atoms with E-state index in [1.807, 2.05) is 11.4 Å². The van der Waals surface area contributed by atoms with Crippen LogP contribution in [0.2, 0.25) is 0 Å². The van der Waals surface area contributed by atoms with Crippen molar-refractivity contribution in [2.75, 3.05) is 6.61 Å². The molecule has 0 saturated heterocycles. The van der Waals surface area contributed by atoms with Gasteiger partial charge in [0.1, 0.15) is 6.10 Å². The minimum absolute atomic E-state index is 0.0781. The Morgan fingerprint density at radius 1 is 1.79 bits per heavy atom. The molecule has 0 aromatic carbocycles. The molecule has 0 aliphatic rings. The number of carbonyl (C=O) groups excluding carboxylic acids is 1. The van der Waals surface area contributed by atoms with Gasteiger partial charge in [-0.2, -0.15) is 0 Å². The number of thiophene rings is 1. The molecule has 4 heteroatoms. The van der Waals surface area contributed by atoms with Crippen LogP contribution >= 0.6 is 11.3 Å². The van der Waals surface area contributed by atoms with Gasteiger partial charge in [-0.25, -0.2) is 4.79 Å². The van der Waals surface area contributed by atoms with Crippen molar-refractivity contribution < 1.29 is 14.6 Å². The lowest BCUT2D eigenvalue weighted by molar-refractivity contribution is -0.139. The Morgan fingerprint density at radius 2 is 2.50 bits per heavy atom. The highest BCUT2D eigenvalue weighted by Crippen LogP contribution is 2.25. The van der Waals surface area contributed by atoms with E-state index in [0.717, 1.165) is 0 Å². The molecule has 1 rings (SSSR count). The van der Waals surface area contributed by atoms with Crippen LogP contribution in [0.15, 0.2) is 29.7 Å². The van der Waals surface area contributed by atoms with Gasteiger partial charge in [-0.1, -0.05) is 12.6 Å². The van der Waals surface area contributed by atoms with Crippen LogP contribution in [0.1, 0.15) is 17.9 Å². The smallest absolute Gasteiger partial charge is 0.336 e. The molecule has 0 amide bonds. The number of rotatable bonds is 4. The summed E-state index contributed by atoms with van der Waals surface area (Å²) in [4.78, 5) is 11.9. The summed E-state index contributed by atoms with van der Waals surface area (Å²) in [5.41, 5.74) is 0.0781. The lowest BCUT2D eigenvalue weighted by atomic mass is 10.1. The molecule has 0 aliphatic carbocycles. The molecule has 3 nitrogen and oxygen atoms in total. The minimum Gasteiger partial charge on any atom is -0.463 e. The second kappa shape index (κ2) is 4.93. The number of esters is 1. The molecule has 0 radical (unpaired) electrons. The van der Waals surface area contributed by atoms with Crippen LogP contribution in [0.3, 0.4) is 0 Å². The summed E-state index contributed by atoms with van der Waals surface area (Å²) in [6.07, 6.45) is -0.950. The van der Waals surface area contributed by atoms with Crippen LogP contribution in [0.5, 0.6) is 0 Å². The Balaban J connectivity index is 2.66. The molecule has 0 fully saturated rings. The zero-order chi connectivity index (χ0) is 10.6. The summed E-state index contributed by atoms with van der Waals surface area (Å²) in [6, 6.07) is 3.56. The van der Waals surface area contributed by atoms with E-state index in [9.17, 15) is 9.90 Å². The highest BCUT2D eigenvalue weighted by atomic mass is 32.1. The minimum atomic E-state index is -0.950. The summed E-state index contributed by atoms with van der Waals surface area (Å²) >= 11 is 1.38. The van der Waals surface area contributed by atoms with Crippen molar-refractivity contribution in [2.24, 2.45) is 0 Å². The monoisotopic (exact) mass is 212 g/mol. The fourth-order valence-electron chi connectivity index (χ4n) is 0.954. The molecular weight excluding hydrogens is 200 g/mol. The molecule has 0 unspecified atom stereocenters. The molecule has 0 bridgehead atoms. The first-order valence-electron chi connectivity index (χ1n) is 4.24. The van der Waals surface area contributed by atoms with Gasteiger partial charge in [0.05, 0.1) is 12.2 Å². The van der Waals surface area contributed by atoms with Gasteiger partial charge >= 0.3 is 5.97 Å². The van der Waals surface area contributed by atoms with E-state index >= 15 is 0 Å². The molecule has 76 valence electrons. The van der Waals surface area contributed by atoms with Gasteiger partial charge < -0.3 is 9.84 Å². The lowest BCUT2D eigenvalue weighted by Gasteiger charge is -2.10. The van der Waals surface area contributed by atoms with E-state index in [-0.39, 0.29) is 12.2 Å². The topological polar surface area (TPSA) is 46.5 Å². The predicted octanol–water partition coefficient (Wildman–Crippen LogP) is 1.90. The van der Waals surface area contributed by atoms with E-state index in [2.05, 4.69) is 6.58 Å². The summed E-state index contributed by atoms with van der Waals surface area (Å²) < 4.78 is 4.73. The Labute approximate surface area is 86.6 Å². The van der Waals surface area contributed by atoms with Gasteiger partial charge in [-0.05, 0) is 18.4 Å². The largest absolute Gasteiger partial charge is 0.463 e. The van der Waals surface area contributed by atoms with E-state index in [1.54, 1.807) is 13.0 Å². The summed E-state index contributed by atoms with van der Waals surface area (Å²) in [5.74, 6) is -0.548. The number of hydrogen-bond acceptors (Lipinski definition) is 4. The second-order valence-corrected chi connectivity index (χ2v) is 3.64. The maximum absolute atomic E-state index is 11.2.